The van der Waals surface area contributed by atoms with Crippen LogP contribution in [-0.4, -0.2) is 16.9 Å². The summed E-state index contributed by atoms with van der Waals surface area (Å²) in [5, 5.41) is 9.54. The fourth-order valence-corrected chi connectivity index (χ4v) is 4.05. The first-order chi connectivity index (χ1) is 10.7. The predicted molar refractivity (Wildman–Crippen MR) is 85.9 cm³/mol. The first-order valence-electron chi connectivity index (χ1n) is 7.89. The third-order valence-electron chi connectivity index (χ3n) is 5.02. The molecule has 0 aromatic heterocycles. The minimum absolute atomic E-state index is 0.0646. The molecule has 2 saturated heterocycles. The topological polar surface area (TPSA) is 40.5 Å². The Labute approximate surface area is 130 Å². The Hall–Kier alpha value is -2.29. The molecule has 3 heteroatoms. The van der Waals surface area contributed by atoms with E-state index in [-0.39, 0.29) is 17.7 Å². The molecule has 1 aliphatic carbocycles. The van der Waals surface area contributed by atoms with Crippen molar-refractivity contribution in [3.63, 3.8) is 0 Å². The van der Waals surface area contributed by atoms with Crippen LogP contribution in [0.4, 0.5) is 5.69 Å². The van der Waals surface area contributed by atoms with Crippen molar-refractivity contribution in [2.45, 2.75) is 31.3 Å². The number of nitrogens with zero attached hydrogens (tertiary/aromatic N) is 1. The van der Waals surface area contributed by atoms with E-state index in [1.165, 1.54) is 5.69 Å². The maximum Gasteiger partial charge on any atom is 0.140 e. The van der Waals surface area contributed by atoms with E-state index in [1.807, 2.05) is 30.3 Å². The maximum atomic E-state index is 12.4. The second-order valence-electron chi connectivity index (χ2n) is 6.29. The van der Waals surface area contributed by atoms with E-state index < -0.39 is 0 Å². The number of aromatic hydroxyl groups is 1. The number of phenolic OH excluding ortho intramolecular Hbond substituents is 1. The summed E-state index contributed by atoms with van der Waals surface area (Å²) in [5.74, 6) is 0.721. The van der Waals surface area contributed by atoms with Crippen LogP contribution < -0.4 is 4.90 Å². The number of Topliss-reactive ketones (excluding diaryl/α,β-unsaturated/α-hetero) is 1. The molecule has 3 unspecified atom stereocenters. The van der Waals surface area contributed by atoms with E-state index in [0.717, 1.165) is 18.4 Å². The van der Waals surface area contributed by atoms with Crippen molar-refractivity contribution in [3.05, 3.63) is 60.2 Å². The number of anilines is 1. The third kappa shape index (κ3) is 2.08. The molecule has 0 amide bonds. The molecule has 2 heterocycles. The molecule has 2 aromatic carbocycles. The molecule has 1 saturated carbocycles. The molecule has 2 aliphatic heterocycles. The number of hydrogen-bond acceptors (Lipinski definition) is 3. The van der Waals surface area contributed by atoms with Crippen molar-refractivity contribution in [1.29, 1.82) is 0 Å². The van der Waals surface area contributed by atoms with Gasteiger partial charge in [0.05, 0.1) is 6.04 Å². The first-order valence-corrected chi connectivity index (χ1v) is 7.89. The fourth-order valence-electron chi connectivity index (χ4n) is 4.05. The lowest BCUT2D eigenvalue weighted by Gasteiger charge is -2.52. The van der Waals surface area contributed by atoms with Gasteiger partial charge in [0.15, 0.2) is 0 Å². The molecule has 3 aliphatic rings. The number of piperidine rings is 2. The van der Waals surface area contributed by atoms with Crippen LogP contribution in [0.2, 0.25) is 0 Å². The number of rotatable bonds is 2. The van der Waals surface area contributed by atoms with Crippen LogP contribution >= 0.6 is 0 Å². The number of fused-ring (bicyclic) bond motifs is 3. The summed E-state index contributed by atoms with van der Waals surface area (Å²) in [6.07, 6.45) is 2.71. The average molecular weight is 293 g/mol. The molecule has 112 valence electrons. The summed E-state index contributed by atoms with van der Waals surface area (Å²) in [7, 11) is 0. The van der Waals surface area contributed by atoms with Crippen molar-refractivity contribution < 1.29 is 9.90 Å². The highest BCUT2D eigenvalue weighted by atomic mass is 16.3. The highest BCUT2D eigenvalue weighted by Gasteiger charge is 2.47. The van der Waals surface area contributed by atoms with Crippen LogP contribution in [0.3, 0.4) is 0 Å². The standard InChI is InChI=1S/C19H19NO2/c21-16-9-6-13(7-10-16)19-17-11-8-15(12-18(17)22)20(19)14-4-2-1-3-5-14/h1-7,9-10,15,17,19,21H,8,11-12H2. The first kappa shape index (κ1) is 13.4. The minimum atomic E-state index is 0.0646. The molecule has 5 rings (SSSR count). The van der Waals surface area contributed by atoms with Gasteiger partial charge in [0, 0.05) is 24.1 Å². The Kier molecular flexibility index (Phi) is 3.14. The number of hydrogen-bond donors (Lipinski definition) is 1. The summed E-state index contributed by atoms with van der Waals surface area (Å²) in [4.78, 5) is 14.8. The van der Waals surface area contributed by atoms with E-state index in [4.69, 9.17) is 0 Å². The number of carbonyl (C=O) groups is 1. The van der Waals surface area contributed by atoms with Crippen LogP contribution in [0.5, 0.6) is 5.75 Å². The largest absolute Gasteiger partial charge is 0.508 e. The van der Waals surface area contributed by atoms with Gasteiger partial charge >= 0.3 is 0 Å². The smallest absolute Gasteiger partial charge is 0.140 e. The van der Waals surface area contributed by atoms with Gasteiger partial charge in [-0.25, -0.2) is 0 Å². The lowest BCUT2D eigenvalue weighted by Crippen LogP contribution is -2.54. The van der Waals surface area contributed by atoms with Crippen LogP contribution in [0.25, 0.3) is 0 Å². The lowest BCUT2D eigenvalue weighted by atomic mass is 9.71. The monoisotopic (exact) mass is 293 g/mol. The Morgan fingerprint density at radius 2 is 1.68 bits per heavy atom. The zero-order valence-electron chi connectivity index (χ0n) is 12.4. The SMILES string of the molecule is O=C1CC2CCC1C(c1ccc(O)cc1)N2c1ccccc1. The van der Waals surface area contributed by atoms with E-state index in [1.54, 1.807) is 12.1 Å². The molecule has 0 radical (unpaired) electrons. The number of ketones is 1. The number of benzene rings is 2. The predicted octanol–water partition coefficient (Wildman–Crippen LogP) is 3.69. The van der Waals surface area contributed by atoms with Gasteiger partial charge in [-0.05, 0) is 42.7 Å². The maximum absolute atomic E-state index is 12.4. The fraction of sp³-hybridized carbons (Fsp3) is 0.316. The minimum Gasteiger partial charge on any atom is -0.508 e. The van der Waals surface area contributed by atoms with Gasteiger partial charge < -0.3 is 10.0 Å². The molecule has 3 nitrogen and oxygen atoms in total. The molecule has 2 aromatic rings. The molecule has 22 heavy (non-hydrogen) atoms. The van der Waals surface area contributed by atoms with Gasteiger partial charge in [0.2, 0.25) is 0 Å². The zero-order valence-corrected chi connectivity index (χ0v) is 12.4. The van der Waals surface area contributed by atoms with Crippen LogP contribution in [0, 0.1) is 5.92 Å². The van der Waals surface area contributed by atoms with Crippen molar-refractivity contribution in [3.8, 4) is 5.75 Å². The van der Waals surface area contributed by atoms with Crippen LogP contribution in [0.1, 0.15) is 30.9 Å². The normalized spacial score (nSPS) is 27.2. The van der Waals surface area contributed by atoms with Gasteiger partial charge in [0.1, 0.15) is 11.5 Å². The van der Waals surface area contributed by atoms with Crippen LogP contribution in [0.15, 0.2) is 54.6 Å². The van der Waals surface area contributed by atoms with Gasteiger partial charge in [-0.2, -0.15) is 0 Å². The Morgan fingerprint density at radius 3 is 2.36 bits per heavy atom. The number of carbonyl (C=O) groups excluding carboxylic acids is 1. The Balaban J connectivity index is 1.80. The van der Waals surface area contributed by atoms with E-state index >= 15 is 0 Å². The zero-order chi connectivity index (χ0) is 15.1. The van der Waals surface area contributed by atoms with Crippen LogP contribution in [-0.2, 0) is 4.79 Å². The number of para-hydroxylation sites is 1. The van der Waals surface area contributed by atoms with Crippen molar-refractivity contribution >= 4 is 11.5 Å². The Bertz CT molecular complexity index is 680. The highest BCUT2D eigenvalue weighted by Crippen LogP contribution is 2.47. The van der Waals surface area contributed by atoms with E-state index in [9.17, 15) is 9.90 Å². The summed E-state index contributed by atoms with van der Waals surface area (Å²) in [6.45, 7) is 0. The highest BCUT2D eigenvalue weighted by molar-refractivity contribution is 5.86. The third-order valence-corrected chi connectivity index (χ3v) is 5.02. The summed E-state index contributed by atoms with van der Waals surface area (Å²) in [6, 6.07) is 18.1. The second-order valence-corrected chi connectivity index (χ2v) is 6.29. The van der Waals surface area contributed by atoms with Crippen molar-refractivity contribution in [2.75, 3.05) is 4.90 Å². The Morgan fingerprint density at radius 1 is 0.955 bits per heavy atom. The van der Waals surface area contributed by atoms with Gasteiger partial charge in [0.25, 0.3) is 0 Å². The molecular formula is C19H19NO2. The second kappa shape index (κ2) is 5.16. The van der Waals surface area contributed by atoms with E-state index in [0.29, 0.717) is 18.2 Å². The molecule has 3 fully saturated rings. The van der Waals surface area contributed by atoms with Crippen molar-refractivity contribution in [2.24, 2.45) is 5.92 Å². The van der Waals surface area contributed by atoms with Gasteiger partial charge in [-0.15, -0.1) is 0 Å². The summed E-state index contributed by atoms with van der Waals surface area (Å²) >= 11 is 0. The molecule has 1 N–H and O–H groups in total. The van der Waals surface area contributed by atoms with Gasteiger partial charge in [-0.1, -0.05) is 30.3 Å². The summed E-state index contributed by atoms with van der Waals surface area (Å²) < 4.78 is 0. The van der Waals surface area contributed by atoms with E-state index in [2.05, 4.69) is 17.0 Å². The lowest BCUT2D eigenvalue weighted by molar-refractivity contribution is -0.128. The molecule has 2 bridgehead atoms. The van der Waals surface area contributed by atoms with Crippen molar-refractivity contribution in [1.82, 2.24) is 0 Å². The molecule has 3 atom stereocenters. The van der Waals surface area contributed by atoms with Gasteiger partial charge in [-0.3, -0.25) is 4.79 Å². The summed E-state index contributed by atoms with van der Waals surface area (Å²) in [5.41, 5.74) is 2.30. The quantitative estimate of drug-likeness (QED) is 0.918. The number of phenols is 1. The average Bonchev–Trinajstić information content (AvgIpc) is 2.56. The molecular weight excluding hydrogens is 274 g/mol. The molecule has 0 spiro atoms.